The van der Waals surface area contributed by atoms with E-state index in [-0.39, 0.29) is 24.0 Å². The van der Waals surface area contributed by atoms with E-state index in [2.05, 4.69) is 43.1 Å². The van der Waals surface area contributed by atoms with E-state index in [0.717, 1.165) is 36.4 Å². The molecule has 4 rings (SSSR count). The predicted octanol–water partition coefficient (Wildman–Crippen LogP) is 3.63. The summed E-state index contributed by atoms with van der Waals surface area (Å²) < 4.78 is 5.19. The summed E-state index contributed by atoms with van der Waals surface area (Å²) in [5, 5.41) is 12.9. The molecule has 1 aliphatic heterocycles. The molecule has 2 atom stereocenters. The van der Waals surface area contributed by atoms with Gasteiger partial charge in [0.15, 0.2) is 5.76 Å². The Bertz CT molecular complexity index is 1320. The van der Waals surface area contributed by atoms with Gasteiger partial charge in [-0.15, -0.1) is 0 Å². The maximum Gasteiger partial charge on any atom is 0.253 e. The molecule has 1 saturated heterocycles. The number of likely N-dealkylation sites (tertiary alicyclic amines) is 1. The molecule has 1 fully saturated rings. The fraction of sp³-hybridized carbons (Fsp3) is 0.310. The number of nitrogens with one attached hydrogen (secondary N) is 1. The molecule has 7 heteroatoms. The fourth-order valence-electron chi connectivity index (χ4n) is 4.36. The third-order valence-electron chi connectivity index (χ3n) is 6.40. The molecular formula is C29H31N3O4. The number of hydrogen-bond acceptors (Lipinski definition) is 6. The summed E-state index contributed by atoms with van der Waals surface area (Å²) in [6, 6.07) is 16.1. The third-order valence-corrected chi connectivity index (χ3v) is 6.40. The van der Waals surface area contributed by atoms with E-state index in [1.807, 2.05) is 53.4 Å². The van der Waals surface area contributed by atoms with Crippen LogP contribution in [-0.2, 0) is 6.54 Å². The van der Waals surface area contributed by atoms with Gasteiger partial charge < -0.3 is 24.6 Å². The van der Waals surface area contributed by atoms with Gasteiger partial charge in [-0.1, -0.05) is 18.8 Å². The molecule has 1 amide bonds. The Labute approximate surface area is 211 Å². The monoisotopic (exact) mass is 485 g/mol. The molecule has 2 heterocycles. The highest BCUT2D eigenvalue weighted by Gasteiger charge is 2.32. The van der Waals surface area contributed by atoms with Crippen LogP contribution in [-0.4, -0.2) is 54.5 Å². The second-order valence-electron chi connectivity index (χ2n) is 9.52. The highest BCUT2D eigenvalue weighted by Crippen LogP contribution is 2.25. The van der Waals surface area contributed by atoms with Crippen molar-refractivity contribution in [3.8, 4) is 17.6 Å². The number of nitrogens with zero attached hydrogens (tertiary/aromatic N) is 2. The molecule has 7 nitrogen and oxygen atoms in total. The van der Waals surface area contributed by atoms with Crippen LogP contribution in [0.3, 0.4) is 0 Å². The Morgan fingerprint density at radius 2 is 1.69 bits per heavy atom. The van der Waals surface area contributed by atoms with Crippen LogP contribution in [0.2, 0.25) is 0 Å². The number of benzene rings is 2. The molecule has 1 aromatic heterocycles. The van der Waals surface area contributed by atoms with Crippen molar-refractivity contribution in [1.82, 2.24) is 9.80 Å². The van der Waals surface area contributed by atoms with Gasteiger partial charge in [-0.3, -0.25) is 9.59 Å². The SMILES string of the molecule is C[C@H]1CN(C(=O)c2ccc(C#Cc3ccc(NCc4occc(=O)c4O)cc3)cc2)CC1CN(C)C. The first-order valence-corrected chi connectivity index (χ1v) is 12.0. The molecule has 0 bridgehead atoms. The summed E-state index contributed by atoms with van der Waals surface area (Å²) in [4.78, 5) is 28.6. The van der Waals surface area contributed by atoms with Crippen molar-refractivity contribution in [3.05, 3.63) is 93.5 Å². The average molecular weight is 486 g/mol. The van der Waals surface area contributed by atoms with E-state index in [0.29, 0.717) is 17.4 Å². The second kappa shape index (κ2) is 11.1. The van der Waals surface area contributed by atoms with Gasteiger partial charge in [0.2, 0.25) is 11.2 Å². The van der Waals surface area contributed by atoms with E-state index in [4.69, 9.17) is 4.42 Å². The molecular weight excluding hydrogens is 454 g/mol. The first kappa shape index (κ1) is 25.1. The molecule has 0 aliphatic carbocycles. The van der Waals surface area contributed by atoms with Gasteiger partial charge in [-0.05, 0) is 74.5 Å². The number of rotatable bonds is 6. The second-order valence-corrected chi connectivity index (χ2v) is 9.52. The smallest absolute Gasteiger partial charge is 0.253 e. The quantitative estimate of drug-likeness (QED) is 0.519. The van der Waals surface area contributed by atoms with E-state index >= 15 is 0 Å². The third kappa shape index (κ3) is 6.15. The van der Waals surface area contributed by atoms with Crippen molar-refractivity contribution >= 4 is 11.6 Å². The van der Waals surface area contributed by atoms with Gasteiger partial charge in [-0.25, -0.2) is 0 Å². The van der Waals surface area contributed by atoms with Crippen molar-refractivity contribution in [2.45, 2.75) is 13.5 Å². The largest absolute Gasteiger partial charge is 0.502 e. The van der Waals surface area contributed by atoms with E-state index < -0.39 is 5.43 Å². The Hall–Kier alpha value is -4.02. The Morgan fingerprint density at radius 1 is 1.06 bits per heavy atom. The lowest BCUT2D eigenvalue weighted by Gasteiger charge is -2.19. The zero-order valence-electron chi connectivity index (χ0n) is 20.8. The molecule has 0 spiro atoms. The van der Waals surface area contributed by atoms with Gasteiger partial charge in [0, 0.05) is 48.1 Å². The molecule has 0 radical (unpaired) electrons. The van der Waals surface area contributed by atoms with E-state index in [1.165, 1.54) is 12.3 Å². The number of aromatic hydroxyl groups is 1. The molecule has 2 aromatic carbocycles. The summed E-state index contributed by atoms with van der Waals surface area (Å²) in [6.45, 7) is 4.99. The number of amides is 1. The van der Waals surface area contributed by atoms with Crippen LogP contribution in [0, 0.1) is 23.7 Å². The summed E-state index contributed by atoms with van der Waals surface area (Å²) in [6.07, 6.45) is 1.26. The number of anilines is 1. The van der Waals surface area contributed by atoms with E-state index in [1.54, 1.807) is 0 Å². The highest BCUT2D eigenvalue weighted by atomic mass is 16.4. The summed E-state index contributed by atoms with van der Waals surface area (Å²) in [5.74, 6) is 7.14. The zero-order valence-corrected chi connectivity index (χ0v) is 20.8. The molecule has 1 aliphatic rings. The van der Waals surface area contributed by atoms with Gasteiger partial charge in [0.25, 0.3) is 5.91 Å². The number of hydrogen-bond donors (Lipinski definition) is 2. The van der Waals surface area contributed by atoms with Crippen LogP contribution < -0.4 is 10.7 Å². The normalized spacial score (nSPS) is 17.1. The Morgan fingerprint density at radius 3 is 2.33 bits per heavy atom. The number of carbonyl (C=O) groups is 1. The minimum atomic E-state index is -0.472. The first-order valence-electron chi connectivity index (χ1n) is 12.0. The van der Waals surface area contributed by atoms with Crippen LogP contribution in [0.15, 0.2) is 70.1 Å². The molecule has 2 N–H and O–H groups in total. The van der Waals surface area contributed by atoms with Gasteiger partial charge in [0.05, 0.1) is 12.8 Å². The standard InChI is InChI=1S/C29H31N3O4/c1-20-17-32(19-24(20)18-31(2)3)29(35)23-10-6-21(7-11-23)4-5-22-8-12-25(13-9-22)30-16-27-28(34)26(33)14-15-36-27/h6-15,20,24,30,34H,16-19H2,1-3H3/t20-,24?/m0/s1. The van der Waals surface area contributed by atoms with Crippen molar-refractivity contribution in [2.75, 3.05) is 39.0 Å². The lowest BCUT2D eigenvalue weighted by atomic mass is 9.98. The van der Waals surface area contributed by atoms with Gasteiger partial charge >= 0.3 is 0 Å². The molecule has 3 aromatic rings. The maximum atomic E-state index is 13.0. The minimum Gasteiger partial charge on any atom is -0.502 e. The topological polar surface area (TPSA) is 86.0 Å². The van der Waals surface area contributed by atoms with Crippen LogP contribution in [0.4, 0.5) is 5.69 Å². The fourth-order valence-corrected chi connectivity index (χ4v) is 4.36. The molecule has 36 heavy (non-hydrogen) atoms. The van der Waals surface area contributed by atoms with Crippen molar-refractivity contribution in [3.63, 3.8) is 0 Å². The Kier molecular flexibility index (Phi) is 7.77. The van der Waals surface area contributed by atoms with Crippen molar-refractivity contribution in [1.29, 1.82) is 0 Å². The first-order chi connectivity index (χ1) is 17.3. The maximum absolute atomic E-state index is 13.0. The predicted molar refractivity (Wildman–Crippen MR) is 140 cm³/mol. The highest BCUT2D eigenvalue weighted by molar-refractivity contribution is 5.94. The lowest BCUT2D eigenvalue weighted by Crippen LogP contribution is -2.30. The molecule has 0 saturated carbocycles. The lowest BCUT2D eigenvalue weighted by molar-refractivity contribution is 0.0783. The summed E-state index contributed by atoms with van der Waals surface area (Å²) >= 11 is 0. The van der Waals surface area contributed by atoms with Gasteiger partial charge in [-0.2, -0.15) is 0 Å². The molecule has 186 valence electrons. The summed E-state index contributed by atoms with van der Waals surface area (Å²) in [7, 11) is 4.14. The summed E-state index contributed by atoms with van der Waals surface area (Å²) in [5.41, 5.74) is 2.70. The van der Waals surface area contributed by atoms with Crippen LogP contribution in [0.25, 0.3) is 0 Å². The molecule has 1 unspecified atom stereocenters. The van der Waals surface area contributed by atoms with Gasteiger partial charge in [0.1, 0.15) is 0 Å². The average Bonchev–Trinajstić information content (AvgIpc) is 3.23. The van der Waals surface area contributed by atoms with Crippen LogP contribution in [0.1, 0.15) is 34.2 Å². The van der Waals surface area contributed by atoms with Crippen LogP contribution in [0.5, 0.6) is 5.75 Å². The van der Waals surface area contributed by atoms with Crippen molar-refractivity contribution < 1.29 is 14.3 Å². The van der Waals surface area contributed by atoms with E-state index in [9.17, 15) is 14.7 Å². The van der Waals surface area contributed by atoms with Crippen molar-refractivity contribution in [2.24, 2.45) is 11.8 Å². The zero-order chi connectivity index (χ0) is 25.7. The van der Waals surface area contributed by atoms with Crippen LogP contribution >= 0.6 is 0 Å². The minimum absolute atomic E-state index is 0.0776. The Balaban J connectivity index is 1.33. The number of carbonyl (C=O) groups excluding carboxylic acids is 1.